The zero-order chi connectivity index (χ0) is 12.4. The van der Waals surface area contributed by atoms with Gasteiger partial charge in [0, 0.05) is 21.3 Å². The third-order valence-electron chi connectivity index (χ3n) is 2.24. The molecule has 0 aliphatic rings. The molecule has 0 radical (unpaired) electrons. The lowest BCUT2D eigenvalue weighted by molar-refractivity contribution is 0.0994. The number of thiophene rings is 1. The van der Waals surface area contributed by atoms with Crippen molar-refractivity contribution >= 4 is 44.7 Å². The normalized spacial score (nSPS) is 10.5. The molecular formula is C12H7BrClFOS. The van der Waals surface area contributed by atoms with Crippen molar-refractivity contribution in [2.75, 3.05) is 0 Å². The van der Waals surface area contributed by atoms with Gasteiger partial charge < -0.3 is 0 Å². The van der Waals surface area contributed by atoms with Crippen molar-refractivity contribution < 1.29 is 9.18 Å². The first-order valence-electron chi connectivity index (χ1n) is 4.78. The molecule has 0 saturated heterocycles. The maximum Gasteiger partial charge on any atom is 0.169 e. The minimum Gasteiger partial charge on any atom is -0.294 e. The first-order chi connectivity index (χ1) is 8.08. The Labute approximate surface area is 115 Å². The van der Waals surface area contributed by atoms with Gasteiger partial charge >= 0.3 is 0 Å². The summed E-state index contributed by atoms with van der Waals surface area (Å²) in [4.78, 5) is 12.9. The summed E-state index contributed by atoms with van der Waals surface area (Å²) in [5.74, 6) is -0.554. The number of ketones is 1. The van der Waals surface area contributed by atoms with E-state index in [0.29, 0.717) is 5.56 Å². The van der Waals surface area contributed by atoms with Gasteiger partial charge in [0.2, 0.25) is 0 Å². The van der Waals surface area contributed by atoms with Crippen molar-refractivity contribution in [1.82, 2.24) is 0 Å². The molecule has 0 unspecified atom stereocenters. The standard InChI is InChI=1S/C12H7BrClFOS/c13-9-3-4-17-12(9)6-11(16)8-2-1-7(15)5-10(8)14/h1-5H,6H2. The second-order valence-corrected chi connectivity index (χ2v) is 5.68. The predicted molar refractivity (Wildman–Crippen MR) is 71.5 cm³/mol. The summed E-state index contributed by atoms with van der Waals surface area (Å²) >= 11 is 10.7. The largest absolute Gasteiger partial charge is 0.294 e. The van der Waals surface area contributed by atoms with Gasteiger partial charge in [-0.05, 0) is 45.6 Å². The van der Waals surface area contributed by atoms with E-state index in [1.54, 1.807) is 0 Å². The summed E-state index contributed by atoms with van der Waals surface area (Å²) < 4.78 is 13.8. The molecule has 2 rings (SSSR count). The number of Topliss-reactive ketones (excluding diaryl/α,β-unsaturated/α-hetero) is 1. The van der Waals surface area contributed by atoms with Crippen molar-refractivity contribution in [3.8, 4) is 0 Å². The number of carbonyl (C=O) groups excluding carboxylic acids is 1. The topological polar surface area (TPSA) is 17.1 Å². The predicted octanol–water partition coefficient (Wildman–Crippen LogP) is 4.73. The second-order valence-electron chi connectivity index (χ2n) is 3.42. The van der Waals surface area contributed by atoms with Crippen LogP contribution in [0.5, 0.6) is 0 Å². The van der Waals surface area contributed by atoms with Gasteiger partial charge in [0.25, 0.3) is 0 Å². The minimum atomic E-state index is -0.441. The maximum absolute atomic E-state index is 12.9. The van der Waals surface area contributed by atoms with E-state index in [1.165, 1.54) is 23.5 Å². The highest BCUT2D eigenvalue weighted by molar-refractivity contribution is 9.10. The van der Waals surface area contributed by atoms with E-state index in [0.717, 1.165) is 15.4 Å². The Hall–Kier alpha value is -0.710. The van der Waals surface area contributed by atoms with E-state index in [1.807, 2.05) is 11.4 Å². The van der Waals surface area contributed by atoms with Crippen LogP contribution in [-0.2, 0) is 6.42 Å². The zero-order valence-electron chi connectivity index (χ0n) is 8.54. The van der Waals surface area contributed by atoms with Crippen LogP contribution in [0.15, 0.2) is 34.1 Å². The van der Waals surface area contributed by atoms with Crippen LogP contribution in [0.4, 0.5) is 4.39 Å². The van der Waals surface area contributed by atoms with E-state index in [2.05, 4.69) is 15.9 Å². The molecule has 88 valence electrons. The number of rotatable bonds is 3. The van der Waals surface area contributed by atoms with E-state index in [9.17, 15) is 9.18 Å². The van der Waals surface area contributed by atoms with Crippen LogP contribution in [0.2, 0.25) is 5.02 Å². The summed E-state index contributed by atoms with van der Waals surface area (Å²) in [6.07, 6.45) is 0.267. The molecule has 0 N–H and O–H groups in total. The summed E-state index contributed by atoms with van der Waals surface area (Å²) in [5, 5.41) is 2.06. The molecule has 0 spiro atoms. The van der Waals surface area contributed by atoms with Crippen molar-refractivity contribution in [3.63, 3.8) is 0 Å². The number of halogens is 3. The fourth-order valence-corrected chi connectivity index (χ4v) is 3.17. The average Bonchev–Trinajstić information content (AvgIpc) is 2.64. The molecule has 0 atom stereocenters. The Bertz CT molecular complexity index is 567. The molecule has 0 fully saturated rings. The highest BCUT2D eigenvalue weighted by Gasteiger charge is 2.14. The first kappa shape index (κ1) is 12.7. The SMILES string of the molecule is O=C(Cc1sccc1Br)c1ccc(F)cc1Cl. The number of benzene rings is 1. The van der Waals surface area contributed by atoms with Gasteiger partial charge in [0.15, 0.2) is 5.78 Å². The van der Waals surface area contributed by atoms with E-state index < -0.39 is 5.82 Å². The van der Waals surface area contributed by atoms with Crippen LogP contribution in [0.1, 0.15) is 15.2 Å². The fraction of sp³-hybridized carbons (Fsp3) is 0.0833. The van der Waals surface area contributed by atoms with Crippen molar-refractivity contribution in [3.05, 3.63) is 55.4 Å². The van der Waals surface area contributed by atoms with Crippen molar-refractivity contribution in [2.24, 2.45) is 0 Å². The quantitative estimate of drug-likeness (QED) is 0.742. The van der Waals surface area contributed by atoms with Gasteiger partial charge in [-0.25, -0.2) is 4.39 Å². The lowest BCUT2D eigenvalue weighted by Crippen LogP contribution is -2.03. The third kappa shape index (κ3) is 2.94. The minimum absolute atomic E-state index is 0.113. The smallest absolute Gasteiger partial charge is 0.169 e. The molecule has 1 heterocycles. The summed E-state index contributed by atoms with van der Waals surface area (Å²) in [5.41, 5.74) is 0.355. The highest BCUT2D eigenvalue weighted by Crippen LogP contribution is 2.26. The summed E-state index contributed by atoms with van der Waals surface area (Å²) in [6, 6.07) is 5.70. The van der Waals surface area contributed by atoms with Crippen LogP contribution >= 0.6 is 38.9 Å². The Morgan fingerprint density at radius 2 is 2.18 bits per heavy atom. The molecule has 17 heavy (non-hydrogen) atoms. The van der Waals surface area contributed by atoms with Gasteiger partial charge in [-0.15, -0.1) is 11.3 Å². The van der Waals surface area contributed by atoms with Gasteiger partial charge in [0.05, 0.1) is 5.02 Å². The highest BCUT2D eigenvalue weighted by atomic mass is 79.9. The third-order valence-corrected chi connectivity index (χ3v) is 4.48. The molecular weight excluding hydrogens is 327 g/mol. The van der Waals surface area contributed by atoms with Crippen molar-refractivity contribution in [1.29, 1.82) is 0 Å². The van der Waals surface area contributed by atoms with Crippen LogP contribution in [0.25, 0.3) is 0 Å². The molecule has 0 aliphatic carbocycles. The second kappa shape index (κ2) is 5.29. The van der Waals surface area contributed by atoms with Gasteiger partial charge in [0.1, 0.15) is 5.82 Å². The van der Waals surface area contributed by atoms with E-state index in [-0.39, 0.29) is 17.2 Å². The molecule has 0 saturated carbocycles. The molecule has 0 aliphatic heterocycles. The van der Waals surface area contributed by atoms with Crippen LogP contribution in [0, 0.1) is 5.82 Å². The summed E-state index contributed by atoms with van der Waals surface area (Å²) in [6.45, 7) is 0. The van der Waals surface area contributed by atoms with E-state index in [4.69, 9.17) is 11.6 Å². The Kier molecular flexibility index (Phi) is 3.97. The average molecular weight is 334 g/mol. The first-order valence-corrected chi connectivity index (χ1v) is 6.83. The molecule has 1 nitrogen and oxygen atoms in total. The lowest BCUT2D eigenvalue weighted by Gasteiger charge is -2.03. The number of hydrogen-bond acceptors (Lipinski definition) is 2. The molecule has 1 aromatic heterocycles. The van der Waals surface area contributed by atoms with Gasteiger partial charge in [-0.2, -0.15) is 0 Å². The lowest BCUT2D eigenvalue weighted by atomic mass is 10.1. The molecule has 5 heteroatoms. The monoisotopic (exact) mass is 332 g/mol. The fourth-order valence-electron chi connectivity index (χ4n) is 1.41. The van der Waals surface area contributed by atoms with Crippen LogP contribution in [-0.4, -0.2) is 5.78 Å². The number of hydrogen-bond donors (Lipinski definition) is 0. The molecule has 0 amide bonds. The Balaban J connectivity index is 2.23. The Morgan fingerprint density at radius 1 is 1.41 bits per heavy atom. The maximum atomic E-state index is 12.9. The van der Waals surface area contributed by atoms with Crippen LogP contribution < -0.4 is 0 Å². The van der Waals surface area contributed by atoms with Crippen LogP contribution in [0.3, 0.4) is 0 Å². The van der Waals surface area contributed by atoms with Crippen molar-refractivity contribution in [2.45, 2.75) is 6.42 Å². The number of carbonyl (C=O) groups is 1. The Morgan fingerprint density at radius 3 is 2.76 bits per heavy atom. The van der Waals surface area contributed by atoms with Gasteiger partial charge in [-0.1, -0.05) is 11.6 Å². The molecule has 2 aromatic rings. The summed E-state index contributed by atoms with van der Waals surface area (Å²) in [7, 11) is 0. The molecule has 1 aromatic carbocycles. The van der Waals surface area contributed by atoms with Gasteiger partial charge in [-0.3, -0.25) is 4.79 Å². The van der Waals surface area contributed by atoms with E-state index >= 15 is 0 Å². The zero-order valence-corrected chi connectivity index (χ0v) is 11.7. The molecule has 0 bridgehead atoms.